The average molecular weight is 248 g/mol. The van der Waals surface area contributed by atoms with E-state index in [1.165, 1.54) is 31.3 Å². The molecule has 0 bridgehead atoms. The Morgan fingerprint density at radius 2 is 1.72 bits per heavy atom. The molecule has 0 spiro atoms. The first-order valence-electron chi connectivity index (χ1n) is 7.55. The van der Waals surface area contributed by atoms with E-state index in [1.54, 1.807) is 0 Å². The van der Waals surface area contributed by atoms with Gasteiger partial charge in [-0.25, -0.2) is 0 Å². The van der Waals surface area contributed by atoms with Crippen LogP contribution in [0.15, 0.2) is 37.0 Å². The monoisotopic (exact) mass is 248 g/mol. The van der Waals surface area contributed by atoms with E-state index in [4.69, 9.17) is 0 Å². The van der Waals surface area contributed by atoms with E-state index in [9.17, 15) is 0 Å². The number of hydrogen-bond acceptors (Lipinski definition) is 0. The fourth-order valence-electron chi connectivity index (χ4n) is 2.29. The van der Waals surface area contributed by atoms with Crippen LogP contribution in [0, 0.1) is 11.8 Å². The molecule has 0 rings (SSSR count). The van der Waals surface area contributed by atoms with Gasteiger partial charge in [0.15, 0.2) is 0 Å². The van der Waals surface area contributed by atoms with Crippen LogP contribution in [0.3, 0.4) is 0 Å². The van der Waals surface area contributed by atoms with E-state index in [0.717, 1.165) is 31.1 Å². The molecule has 0 aromatic carbocycles. The van der Waals surface area contributed by atoms with Crippen molar-refractivity contribution in [2.75, 3.05) is 0 Å². The van der Waals surface area contributed by atoms with Gasteiger partial charge in [-0.1, -0.05) is 76.8 Å². The van der Waals surface area contributed by atoms with Gasteiger partial charge in [-0.15, -0.1) is 6.58 Å². The van der Waals surface area contributed by atoms with Crippen molar-refractivity contribution >= 4 is 0 Å². The first-order valence-corrected chi connectivity index (χ1v) is 7.55. The molecule has 0 nitrogen and oxygen atoms in total. The van der Waals surface area contributed by atoms with Gasteiger partial charge in [0, 0.05) is 0 Å². The Bertz CT molecular complexity index is 247. The normalized spacial score (nSPS) is 14.6. The van der Waals surface area contributed by atoms with Crippen molar-refractivity contribution in [2.24, 2.45) is 11.8 Å². The summed E-state index contributed by atoms with van der Waals surface area (Å²) in [5.74, 6) is 1.58. The van der Waals surface area contributed by atoms with Crippen molar-refractivity contribution in [3.8, 4) is 0 Å². The van der Waals surface area contributed by atoms with Crippen LogP contribution >= 0.6 is 0 Å². The first-order chi connectivity index (χ1) is 8.60. The second-order valence-electron chi connectivity index (χ2n) is 5.69. The Hall–Kier alpha value is -0.780. The fourth-order valence-corrected chi connectivity index (χ4v) is 2.29. The Kier molecular flexibility index (Phi) is 10.8. The van der Waals surface area contributed by atoms with E-state index in [1.807, 2.05) is 6.08 Å². The predicted molar refractivity (Wildman–Crippen MR) is 84.8 cm³/mol. The third-order valence-corrected chi connectivity index (χ3v) is 3.41. The highest BCUT2D eigenvalue weighted by molar-refractivity contribution is 5.14. The van der Waals surface area contributed by atoms with Crippen LogP contribution < -0.4 is 0 Å². The maximum absolute atomic E-state index is 4.12. The Labute approximate surface area is 115 Å². The third kappa shape index (κ3) is 10.4. The van der Waals surface area contributed by atoms with Gasteiger partial charge in [0.25, 0.3) is 0 Å². The molecule has 0 radical (unpaired) electrons. The van der Waals surface area contributed by atoms with Gasteiger partial charge in [-0.05, 0) is 31.1 Å². The maximum Gasteiger partial charge on any atom is -0.0259 e. The van der Waals surface area contributed by atoms with Gasteiger partial charge >= 0.3 is 0 Å². The quantitative estimate of drug-likeness (QED) is 0.228. The summed E-state index contributed by atoms with van der Waals surface area (Å²) in [6.07, 6.45) is 15.2. The van der Waals surface area contributed by atoms with Gasteiger partial charge in [0.2, 0.25) is 0 Å². The van der Waals surface area contributed by atoms with Gasteiger partial charge in [-0.3, -0.25) is 0 Å². The van der Waals surface area contributed by atoms with Crippen molar-refractivity contribution in [3.63, 3.8) is 0 Å². The third-order valence-electron chi connectivity index (χ3n) is 3.41. The lowest BCUT2D eigenvalue weighted by Crippen LogP contribution is -1.97. The summed E-state index contributed by atoms with van der Waals surface area (Å²) in [6, 6.07) is 0. The number of rotatable bonds is 11. The second-order valence-corrected chi connectivity index (χ2v) is 5.69. The highest BCUT2D eigenvalue weighted by Crippen LogP contribution is 2.20. The minimum atomic E-state index is 0.772. The molecule has 0 aliphatic heterocycles. The molecule has 0 N–H and O–H groups in total. The number of allylic oxidation sites excluding steroid dienone is 4. The zero-order valence-electron chi connectivity index (χ0n) is 12.8. The predicted octanol–water partition coefficient (Wildman–Crippen LogP) is 6.31. The lowest BCUT2D eigenvalue weighted by molar-refractivity contribution is 0.450. The van der Waals surface area contributed by atoms with Crippen molar-refractivity contribution < 1.29 is 0 Å². The topological polar surface area (TPSA) is 0 Å². The average Bonchev–Trinajstić information content (AvgIpc) is 2.32. The standard InChI is InChI=1S/C18H32/c1-6-8-12-17(4)15-18(5)14-10-9-13-16(3)11-7-2/h7-8,12,16,18H,2,4,6,9-11,13-15H2,1,3,5H3/b12-8-. The smallest absolute Gasteiger partial charge is 0.0259 e. The minimum absolute atomic E-state index is 0.772. The van der Waals surface area contributed by atoms with Crippen molar-refractivity contribution in [2.45, 2.75) is 65.7 Å². The number of unbranched alkanes of at least 4 members (excludes halogenated alkanes) is 1. The van der Waals surface area contributed by atoms with E-state index in [2.05, 4.69) is 46.1 Å². The van der Waals surface area contributed by atoms with E-state index in [0.29, 0.717) is 0 Å². The molecule has 0 fully saturated rings. The Morgan fingerprint density at radius 3 is 2.28 bits per heavy atom. The molecule has 0 heteroatoms. The maximum atomic E-state index is 4.12. The van der Waals surface area contributed by atoms with Gasteiger partial charge in [0.05, 0.1) is 0 Å². The zero-order valence-corrected chi connectivity index (χ0v) is 12.8. The fraction of sp³-hybridized carbons (Fsp3) is 0.667. The van der Waals surface area contributed by atoms with E-state index >= 15 is 0 Å². The van der Waals surface area contributed by atoms with E-state index < -0.39 is 0 Å². The molecule has 2 atom stereocenters. The van der Waals surface area contributed by atoms with Crippen molar-refractivity contribution in [1.82, 2.24) is 0 Å². The molecule has 18 heavy (non-hydrogen) atoms. The summed E-state index contributed by atoms with van der Waals surface area (Å²) in [5, 5.41) is 0. The SMILES string of the molecule is C=CCC(C)CCCCC(C)CC(=C)/C=C\CC. The molecule has 0 aliphatic carbocycles. The highest BCUT2D eigenvalue weighted by atomic mass is 14.1. The molecule has 0 aromatic heterocycles. The summed E-state index contributed by atoms with van der Waals surface area (Å²) < 4.78 is 0. The van der Waals surface area contributed by atoms with Gasteiger partial charge in [0.1, 0.15) is 0 Å². The van der Waals surface area contributed by atoms with Crippen LogP contribution in [-0.2, 0) is 0 Å². The molecular weight excluding hydrogens is 216 g/mol. The molecule has 104 valence electrons. The Balaban J connectivity index is 3.58. The summed E-state index contributed by atoms with van der Waals surface area (Å²) >= 11 is 0. The molecule has 2 unspecified atom stereocenters. The molecule has 0 aromatic rings. The van der Waals surface area contributed by atoms with Crippen LogP contribution in [0.5, 0.6) is 0 Å². The Morgan fingerprint density at radius 1 is 1.11 bits per heavy atom. The largest absolute Gasteiger partial charge is 0.103 e. The van der Waals surface area contributed by atoms with Crippen molar-refractivity contribution in [3.05, 3.63) is 37.0 Å². The van der Waals surface area contributed by atoms with E-state index in [-0.39, 0.29) is 0 Å². The summed E-state index contributed by atoms with van der Waals surface area (Å²) in [6.45, 7) is 14.7. The van der Waals surface area contributed by atoms with Crippen LogP contribution in [-0.4, -0.2) is 0 Å². The van der Waals surface area contributed by atoms with Crippen LogP contribution in [0.1, 0.15) is 65.7 Å². The lowest BCUT2D eigenvalue weighted by atomic mass is 9.93. The minimum Gasteiger partial charge on any atom is -0.103 e. The molecule has 0 saturated heterocycles. The van der Waals surface area contributed by atoms with Crippen LogP contribution in [0.4, 0.5) is 0 Å². The molecule has 0 saturated carbocycles. The van der Waals surface area contributed by atoms with Crippen molar-refractivity contribution in [1.29, 1.82) is 0 Å². The lowest BCUT2D eigenvalue weighted by Gasteiger charge is -2.12. The second kappa shape index (κ2) is 11.3. The van der Waals surface area contributed by atoms with Gasteiger partial charge in [-0.2, -0.15) is 0 Å². The zero-order chi connectivity index (χ0) is 13.8. The highest BCUT2D eigenvalue weighted by Gasteiger charge is 2.04. The molecule has 0 aliphatic rings. The first kappa shape index (κ1) is 17.2. The summed E-state index contributed by atoms with van der Waals surface area (Å²) in [4.78, 5) is 0. The van der Waals surface area contributed by atoms with Crippen LogP contribution in [0.25, 0.3) is 0 Å². The summed E-state index contributed by atoms with van der Waals surface area (Å²) in [5.41, 5.74) is 1.28. The van der Waals surface area contributed by atoms with Crippen LogP contribution in [0.2, 0.25) is 0 Å². The molecular formula is C18H32. The molecule has 0 heterocycles. The molecule has 0 amide bonds. The van der Waals surface area contributed by atoms with Gasteiger partial charge < -0.3 is 0 Å². The number of hydrogen-bond donors (Lipinski definition) is 0. The summed E-state index contributed by atoms with van der Waals surface area (Å²) in [7, 11) is 0.